The number of fused-ring (bicyclic) bond motifs is 1. The standard InChI is InChI=1S/C15H27N.C3H8.C2H6/c1-11-9-12-5-4-6-13(14(12)10-11)15-7-2-3-8-16-15;1-3-2;1-2/h11-16H,2-10H2,1H3;3H2,1-2H3;1-2H3. The van der Waals surface area contributed by atoms with Gasteiger partial charge in [0.25, 0.3) is 0 Å². The smallest absolute Gasteiger partial charge is 0.00980 e. The maximum atomic E-state index is 3.82. The summed E-state index contributed by atoms with van der Waals surface area (Å²) >= 11 is 0. The molecule has 3 fully saturated rings. The molecular weight excluding hydrogens is 254 g/mol. The molecule has 0 aromatic rings. The fourth-order valence-electron chi connectivity index (χ4n) is 4.87. The summed E-state index contributed by atoms with van der Waals surface area (Å²) in [7, 11) is 0. The minimum Gasteiger partial charge on any atom is -0.314 e. The highest BCUT2D eigenvalue weighted by atomic mass is 14.9. The van der Waals surface area contributed by atoms with Crippen molar-refractivity contribution in [3.8, 4) is 0 Å². The van der Waals surface area contributed by atoms with Crippen molar-refractivity contribution in [1.82, 2.24) is 5.32 Å². The Hall–Kier alpha value is -0.0400. The summed E-state index contributed by atoms with van der Waals surface area (Å²) in [4.78, 5) is 0. The highest BCUT2D eigenvalue weighted by Crippen LogP contribution is 2.49. The Morgan fingerprint density at radius 1 is 0.857 bits per heavy atom. The van der Waals surface area contributed by atoms with Crippen molar-refractivity contribution in [2.75, 3.05) is 6.54 Å². The first-order valence-corrected chi connectivity index (χ1v) is 9.99. The van der Waals surface area contributed by atoms with Gasteiger partial charge in [-0.15, -0.1) is 0 Å². The average molecular weight is 296 g/mol. The molecule has 5 unspecified atom stereocenters. The number of rotatable bonds is 1. The fraction of sp³-hybridized carbons (Fsp3) is 1.00. The molecule has 1 heterocycles. The first-order chi connectivity index (χ1) is 10.3. The van der Waals surface area contributed by atoms with E-state index in [4.69, 9.17) is 0 Å². The van der Waals surface area contributed by atoms with Gasteiger partial charge in [-0.3, -0.25) is 0 Å². The topological polar surface area (TPSA) is 12.0 Å². The normalized spacial score (nSPS) is 38.4. The molecule has 0 bridgehead atoms. The van der Waals surface area contributed by atoms with Crippen LogP contribution in [0.25, 0.3) is 0 Å². The third kappa shape index (κ3) is 5.58. The van der Waals surface area contributed by atoms with Gasteiger partial charge >= 0.3 is 0 Å². The van der Waals surface area contributed by atoms with Crippen LogP contribution in [0.2, 0.25) is 0 Å². The van der Waals surface area contributed by atoms with E-state index in [0.29, 0.717) is 0 Å². The molecule has 126 valence electrons. The molecule has 0 aromatic carbocycles. The van der Waals surface area contributed by atoms with E-state index in [1.807, 2.05) is 13.8 Å². The second-order valence-corrected chi connectivity index (χ2v) is 7.36. The van der Waals surface area contributed by atoms with Gasteiger partial charge in [0.05, 0.1) is 0 Å². The molecule has 1 heteroatoms. The van der Waals surface area contributed by atoms with Crippen molar-refractivity contribution in [3.63, 3.8) is 0 Å². The zero-order valence-corrected chi connectivity index (χ0v) is 15.5. The van der Waals surface area contributed by atoms with E-state index in [-0.39, 0.29) is 0 Å². The van der Waals surface area contributed by atoms with Crippen LogP contribution in [0, 0.1) is 23.7 Å². The van der Waals surface area contributed by atoms with Gasteiger partial charge in [-0.1, -0.05) is 60.3 Å². The lowest BCUT2D eigenvalue weighted by atomic mass is 9.69. The van der Waals surface area contributed by atoms with Crippen LogP contribution in [0.15, 0.2) is 0 Å². The number of hydrogen-bond acceptors (Lipinski definition) is 1. The van der Waals surface area contributed by atoms with Crippen molar-refractivity contribution >= 4 is 0 Å². The molecule has 0 aromatic heterocycles. The van der Waals surface area contributed by atoms with Crippen LogP contribution in [-0.2, 0) is 0 Å². The van der Waals surface area contributed by atoms with E-state index >= 15 is 0 Å². The quantitative estimate of drug-likeness (QED) is 0.622. The molecule has 3 rings (SSSR count). The number of nitrogens with one attached hydrogen (secondary N) is 1. The monoisotopic (exact) mass is 295 g/mol. The van der Waals surface area contributed by atoms with Gasteiger partial charge in [0.1, 0.15) is 0 Å². The highest BCUT2D eigenvalue weighted by molar-refractivity contribution is 4.94. The molecular formula is C20H41N. The van der Waals surface area contributed by atoms with Crippen LogP contribution < -0.4 is 5.32 Å². The second-order valence-electron chi connectivity index (χ2n) is 7.36. The first-order valence-electron chi connectivity index (χ1n) is 9.99. The van der Waals surface area contributed by atoms with Crippen LogP contribution in [0.4, 0.5) is 0 Å². The molecule has 1 aliphatic heterocycles. The molecule has 0 radical (unpaired) electrons. The van der Waals surface area contributed by atoms with Crippen molar-refractivity contribution < 1.29 is 0 Å². The fourth-order valence-corrected chi connectivity index (χ4v) is 4.87. The lowest BCUT2D eigenvalue weighted by molar-refractivity contribution is 0.125. The van der Waals surface area contributed by atoms with Gasteiger partial charge in [0.2, 0.25) is 0 Å². The Morgan fingerprint density at radius 2 is 1.57 bits per heavy atom. The predicted octanol–water partition coefficient (Wildman–Crippen LogP) is 6.03. The van der Waals surface area contributed by atoms with Crippen molar-refractivity contribution in [3.05, 3.63) is 0 Å². The lowest BCUT2D eigenvalue weighted by Gasteiger charge is -2.41. The Morgan fingerprint density at radius 3 is 2.19 bits per heavy atom. The summed E-state index contributed by atoms with van der Waals surface area (Å²) in [6.45, 7) is 12.0. The SMILES string of the molecule is CC.CC1CC2CCCC(C3CCCCN3)C2C1.CCC. The Kier molecular flexibility index (Phi) is 9.64. The van der Waals surface area contributed by atoms with E-state index in [0.717, 1.165) is 29.7 Å². The predicted molar refractivity (Wildman–Crippen MR) is 95.7 cm³/mol. The zero-order valence-electron chi connectivity index (χ0n) is 15.5. The van der Waals surface area contributed by atoms with Crippen LogP contribution in [-0.4, -0.2) is 12.6 Å². The number of piperidine rings is 1. The maximum absolute atomic E-state index is 3.82. The minimum absolute atomic E-state index is 0.881. The van der Waals surface area contributed by atoms with E-state index < -0.39 is 0 Å². The first kappa shape index (κ1) is 19.0. The van der Waals surface area contributed by atoms with Gasteiger partial charge in [0.15, 0.2) is 0 Å². The van der Waals surface area contributed by atoms with E-state index in [1.165, 1.54) is 64.3 Å². The van der Waals surface area contributed by atoms with Gasteiger partial charge in [-0.2, -0.15) is 0 Å². The summed E-state index contributed by atoms with van der Waals surface area (Å²) in [6, 6.07) is 0.881. The Bertz CT molecular complexity index is 244. The zero-order chi connectivity index (χ0) is 15.7. The molecule has 3 aliphatic rings. The highest BCUT2D eigenvalue weighted by Gasteiger charge is 2.42. The maximum Gasteiger partial charge on any atom is 0.00980 e. The van der Waals surface area contributed by atoms with Crippen molar-refractivity contribution in [1.29, 1.82) is 0 Å². The van der Waals surface area contributed by atoms with E-state index in [2.05, 4.69) is 26.1 Å². The van der Waals surface area contributed by atoms with Crippen molar-refractivity contribution in [2.24, 2.45) is 23.7 Å². The Labute approximate surface area is 134 Å². The van der Waals surface area contributed by atoms with Gasteiger partial charge in [-0.05, 0) is 62.3 Å². The van der Waals surface area contributed by atoms with Crippen LogP contribution in [0.1, 0.15) is 92.4 Å². The third-order valence-electron chi connectivity index (χ3n) is 5.51. The summed E-state index contributed by atoms with van der Waals surface area (Å²) in [5.41, 5.74) is 0. The van der Waals surface area contributed by atoms with Crippen LogP contribution in [0.5, 0.6) is 0 Å². The molecule has 1 nitrogen and oxygen atoms in total. The van der Waals surface area contributed by atoms with E-state index in [1.54, 1.807) is 0 Å². The largest absolute Gasteiger partial charge is 0.314 e. The van der Waals surface area contributed by atoms with Crippen LogP contribution in [0.3, 0.4) is 0 Å². The van der Waals surface area contributed by atoms with Crippen molar-refractivity contribution in [2.45, 2.75) is 98.4 Å². The summed E-state index contributed by atoms with van der Waals surface area (Å²) < 4.78 is 0. The number of hydrogen-bond donors (Lipinski definition) is 1. The molecule has 2 aliphatic carbocycles. The summed E-state index contributed by atoms with van der Waals surface area (Å²) in [5, 5.41) is 3.82. The second kappa shape index (κ2) is 10.6. The molecule has 0 amide bonds. The summed E-state index contributed by atoms with van der Waals surface area (Å²) in [5.74, 6) is 4.22. The third-order valence-corrected chi connectivity index (χ3v) is 5.51. The molecule has 1 N–H and O–H groups in total. The molecule has 5 atom stereocenters. The van der Waals surface area contributed by atoms with Gasteiger partial charge in [-0.25, -0.2) is 0 Å². The molecule has 1 saturated heterocycles. The molecule has 2 saturated carbocycles. The molecule has 21 heavy (non-hydrogen) atoms. The van der Waals surface area contributed by atoms with Gasteiger partial charge in [0, 0.05) is 6.04 Å². The lowest BCUT2D eigenvalue weighted by Crippen LogP contribution is -2.44. The molecule has 0 spiro atoms. The summed E-state index contributed by atoms with van der Waals surface area (Å²) in [6.07, 6.45) is 13.2. The van der Waals surface area contributed by atoms with Crippen LogP contribution >= 0.6 is 0 Å². The van der Waals surface area contributed by atoms with Gasteiger partial charge < -0.3 is 5.32 Å². The van der Waals surface area contributed by atoms with E-state index in [9.17, 15) is 0 Å². The average Bonchev–Trinajstić information content (AvgIpc) is 2.91. The Balaban J connectivity index is 0.000000395. The minimum atomic E-state index is 0.881.